The van der Waals surface area contributed by atoms with E-state index >= 15 is 0 Å². The molecule has 4 aromatic heterocycles. The highest BCUT2D eigenvalue weighted by Gasteiger charge is 2.34. The molecule has 2 N–H and O–H groups in total. The van der Waals surface area contributed by atoms with Crippen LogP contribution in [0.2, 0.25) is 5.02 Å². The molecule has 0 radical (unpaired) electrons. The molecule has 2 aliphatic rings. The molecule has 1 saturated heterocycles. The summed E-state index contributed by atoms with van der Waals surface area (Å²) in [6.45, 7) is 3.73. The first-order chi connectivity index (χ1) is 17.1. The molecule has 0 spiro atoms. The van der Waals surface area contributed by atoms with Crippen molar-refractivity contribution in [2.75, 3.05) is 25.4 Å². The van der Waals surface area contributed by atoms with E-state index in [4.69, 9.17) is 22.3 Å². The number of hydrogen-bond acceptors (Lipinski definition) is 6. The van der Waals surface area contributed by atoms with Crippen LogP contribution in [0, 0.1) is 5.92 Å². The van der Waals surface area contributed by atoms with Gasteiger partial charge in [0, 0.05) is 40.3 Å². The number of anilines is 1. The summed E-state index contributed by atoms with van der Waals surface area (Å²) in [6.07, 6.45) is 7.41. The Hall–Kier alpha value is -3.00. The molecule has 35 heavy (non-hydrogen) atoms. The zero-order chi connectivity index (χ0) is 23.5. The Morgan fingerprint density at radius 2 is 1.97 bits per heavy atom. The van der Waals surface area contributed by atoms with Crippen molar-refractivity contribution in [1.82, 2.24) is 24.4 Å². The van der Waals surface area contributed by atoms with Crippen LogP contribution in [0.25, 0.3) is 43.6 Å². The van der Waals surface area contributed by atoms with Crippen LogP contribution in [0.5, 0.6) is 0 Å². The van der Waals surface area contributed by atoms with Crippen LogP contribution in [-0.2, 0) is 0 Å². The SMILES string of the molecule is Nc1ncnc2c1c(-c1cc3nc(-c4cccs4)ccc3cc1Cl)cn2C1CC(CN2CCC2)C1. The van der Waals surface area contributed by atoms with Gasteiger partial charge in [-0.05, 0) is 67.9 Å². The number of nitrogens with zero attached hydrogens (tertiary/aromatic N) is 5. The largest absolute Gasteiger partial charge is 0.383 e. The third-order valence-electron chi connectivity index (χ3n) is 7.55. The number of rotatable bonds is 5. The molecule has 5 heterocycles. The van der Waals surface area contributed by atoms with E-state index in [1.54, 1.807) is 17.7 Å². The monoisotopic (exact) mass is 500 g/mol. The van der Waals surface area contributed by atoms with E-state index in [9.17, 15) is 0 Å². The van der Waals surface area contributed by atoms with Crippen molar-refractivity contribution in [3.05, 3.63) is 59.3 Å². The van der Waals surface area contributed by atoms with Crippen molar-refractivity contribution in [2.45, 2.75) is 25.3 Å². The zero-order valence-electron chi connectivity index (χ0n) is 19.2. The van der Waals surface area contributed by atoms with E-state index < -0.39 is 0 Å². The van der Waals surface area contributed by atoms with Gasteiger partial charge in [-0.25, -0.2) is 15.0 Å². The van der Waals surface area contributed by atoms with E-state index in [1.807, 2.05) is 12.1 Å². The number of nitrogens with two attached hydrogens (primary N) is 1. The van der Waals surface area contributed by atoms with Crippen LogP contribution >= 0.6 is 22.9 Å². The van der Waals surface area contributed by atoms with Crippen molar-refractivity contribution >= 4 is 50.7 Å². The molecule has 0 bridgehead atoms. The molecule has 2 fully saturated rings. The highest BCUT2D eigenvalue weighted by atomic mass is 35.5. The molecule has 0 atom stereocenters. The number of halogens is 1. The summed E-state index contributed by atoms with van der Waals surface area (Å²) in [4.78, 5) is 17.6. The Bertz CT molecular complexity index is 1550. The van der Waals surface area contributed by atoms with Crippen LogP contribution < -0.4 is 5.73 Å². The molecule has 6 nitrogen and oxygen atoms in total. The molecular weight excluding hydrogens is 476 g/mol. The van der Waals surface area contributed by atoms with Gasteiger partial charge in [0.05, 0.1) is 21.5 Å². The topological polar surface area (TPSA) is 72.9 Å². The molecule has 0 amide bonds. The molecular formula is C27H25ClN6S. The van der Waals surface area contributed by atoms with Gasteiger partial charge < -0.3 is 15.2 Å². The van der Waals surface area contributed by atoms with Crippen LogP contribution in [-0.4, -0.2) is 44.1 Å². The summed E-state index contributed by atoms with van der Waals surface area (Å²) in [6, 6.07) is 12.8. The van der Waals surface area contributed by atoms with Crippen molar-refractivity contribution in [3.8, 4) is 21.7 Å². The second-order valence-electron chi connectivity index (χ2n) is 9.75. The second kappa shape index (κ2) is 8.29. The standard InChI is InChI=1S/C27H25ClN6S/c28-21-11-17-4-5-22(24-3-1-8-35-24)32-23(17)12-19(21)20-14-34(27-25(20)26(29)30-15-31-27)18-9-16(10-18)13-33-6-2-7-33/h1,3-5,8,11-12,14-16,18H,2,6-7,9-10,13H2,(H2,29,30,31). The van der Waals surface area contributed by atoms with Gasteiger partial charge in [0.25, 0.3) is 0 Å². The Morgan fingerprint density at radius 3 is 2.74 bits per heavy atom. The summed E-state index contributed by atoms with van der Waals surface area (Å²) in [5.74, 6) is 1.24. The first kappa shape index (κ1) is 21.3. The van der Waals surface area contributed by atoms with E-state index in [2.05, 4.69) is 55.3 Å². The van der Waals surface area contributed by atoms with Crippen molar-refractivity contribution in [1.29, 1.82) is 0 Å². The number of aromatic nitrogens is 4. The van der Waals surface area contributed by atoms with E-state index in [0.29, 0.717) is 16.9 Å². The summed E-state index contributed by atoms with van der Waals surface area (Å²) < 4.78 is 2.30. The van der Waals surface area contributed by atoms with Crippen LogP contribution in [0.3, 0.4) is 0 Å². The number of likely N-dealkylation sites (tertiary alicyclic amines) is 1. The summed E-state index contributed by atoms with van der Waals surface area (Å²) >= 11 is 8.54. The van der Waals surface area contributed by atoms with Gasteiger partial charge in [-0.3, -0.25) is 0 Å². The number of pyridine rings is 1. The third kappa shape index (κ3) is 3.61. The van der Waals surface area contributed by atoms with Gasteiger partial charge >= 0.3 is 0 Å². The molecule has 5 aromatic rings. The molecule has 1 aliphatic carbocycles. The second-order valence-corrected chi connectivity index (χ2v) is 11.1. The Morgan fingerprint density at radius 1 is 1.09 bits per heavy atom. The maximum Gasteiger partial charge on any atom is 0.146 e. The van der Waals surface area contributed by atoms with Crippen molar-refractivity contribution in [3.63, 3.8) is 0 Å². The quantitative estimate of drug-likeness (QED) is 0.308. The molecule has 0 unspecified atom stereocenters. The fourth-order valence-corrected chi connectivity index (χ4v) is 6.48. The summed E-state index contributed by atoms with van der Waals surface area (Å²) in [5.41, 5.74) is 11.1. The normalized spacial score (nSPS) is 20.3. The van der Waals surface area contributed by atoms with Gasteiger partial charge in [-0.15, -0.1) is 11.3 Å². The third-order valence-corrected chi connectivity index (χ3v) is 8.75. The maximum atomic E-state index is 6.85. The van der Waals surface area contributed by atoms with E-state index in [1.165, 1.54) is 38.9 Å². The minimum Gasteiger partial charge on any atom is -0.383 e. The minimum atomic E-state index is 0.426. The number of benzene rings is 1. The highest BCUT2D eigenvalue weighted by molar-refractivity contribution is 7.13. The van der Waals surface area contributed by atoms with Crippen LogP contribution in [0.15, 0.2) is 54.3 Å². The number of nitrogen functional groups attached to an aromatic ring is 1. The number of thiophene rings is 1. The lowest BCUT2D eigenvalue weighted by atomic mass is 9.79. The predicted molar refractivity (Wildman–Crippen MR) is 144 cm³/mol. The fourth-order valence-electron chi connectivity index (χ4n) is 5.51. The summed E-state index contributed by atoms with van der Waals surface area (Å²) in [7, 11) is 0. The smallest absolute Gasteiger partial charge is 0.146 e. The van der Waals surface area contributed by atoms with Gasteiger partial charge in [0.1, 0.15) is 17.8 Å². The zero-order valence-corrected chi connectivity index (χ0v) is 20.8. The average Bonchev–Trinajstić information content (AvgIpc) is 3.46. The molecule has 1 aromatic carbocycles. The van der Waals surface area contributed by atoms with Crippen molar-refractivity contribution < 1.29 is 0 Å². The Balaban J connectivity index is 1.31. The highest BCUT2D eigenvalue weighted by Crippen LogP contribution is 2.45. The number of fused-ring (bicyclic) bond motifs is 2. The molecule has 1 saturated carbocycles. The van der Waals surface area contributed by atoms with Gasteiger partial charge in [0.15, 0.2) is 0 Å². The fraction of sp³-hybridized carbons (Fsp3) is 0.296. The van der Waals surface area contributed by atoms with Gasteiger partial charge in [-0.2, -0.15) is 0 Å². The van der Waals surface area contributed by atoms with E-state index in [-0.39, 0.29) is 0 Å². The molecule has 176 valence electrons. The van der Waals surface area contributed by atoms with Crippen LogP contribution in [0.1, 0.15) is 25.3 Å². The first-order valence-corrected chi connectivity index (χ1v) is 13.4. The predicted octanol–water partition coefficient (Wildman–Crippen LogP) is 6.27. The number of hydrogen-bond donors (Lipinski definition) is 1. The average molecular weight is 501 g/mol. The van der Waals surface area contributed by atoms with E-state index in [0.717, 1.165) is 49.6 Å². The van der Waals surface area contributed by atoms with Crippen LogP contribution in [0.4, 0.5) is 5.82 Å². The lowest BCUT2D eigenvalue weighted by Gasteiger charge is -2.42. The maximum absolute atomic E-state index is 6.85. The Kier molecular flexibility index (Phi) is 5.05. The van der Waals surface area contributed by atoms with Crippen molar-refractivity contribution in [2.24, 2.45) is 5.92 Å². The Labute approximate surface area is 212 Å². The molecule has 1 aliphatic heterocycles. The van der Waals surface area contributed by atoms with Gasteiger partial charge in [-0.1, -0.05) is 23.7 Å². The lowest BCUT2D eigenvalue weighted by Crippen LogP contribution is -2.43. The summed E-state index contributed by atoms with van der Waals surface area (Å²) in [5, 5.41) is 4.63. The van der Waals surface area contributed by atoms with Gasteiger partial charge in [0.2, 0.25) is 0 Å². The molecule has 7 rings (SSSR count). The molecule has 8 heteroatoms. The first-order valence-electron chi connectivity index (χ1n) is 12.1. The lowest BCUT2D eigenvalue weighted by molar-refractivity contribution is 0.0921. The minimum absolute atomic E-state index is 0.426.